The number of fused-ring (bicyclic) bond motifs is 1. The summed E-state index contributed by atoms with van der Waals surface area (Å²) in [7, 11) is 1.57. The lowest BCUT2D eigenvalue weighted by atomic mass is 10.1. The fourth-order valence-electron chi connectivity index (χ4n) is 2.91. The zero-order valence-corrected chi connectivity index (χ0v) is 15.0. The largest absolute Gasteiger partial charge is 0.497 e. The smallest absolute Gasteiger partial charge is 0.361 e. The first-order chi connectivity index (χ1) is 13.1. The van der Waals surface area contributed by atoms with Crippen LogP contribution in [0, 0.1) is 0 Å². The van der Waals surface area contributed by atoms with E-state index in [1.54, 1.807) is 54.3 Å². The Morgan fingerprint density at radius 1 is 1.22 bits per heavy atom. The minimum atomic E-state index is -0.428. The molecule has 0 fully saturated rings. The lowest BCUT2D eigenvalue weighted by Crippen LogP contribution is -2.18. The maximum absolute atomic E-state index is 13.0. The number of rotatable bonds is 4. The molecular formula is C18H14ClN5O3. The molecule has 0 saturated carbocycles. The molecule has 0 amide bonds. The first-order valence-corrected chi connectivity index (χ1v) is 8.41. The molecule has 8 nitrogen and oxygen atoms in total. The first-order valence-electron chi connectivity index (χ1n) is 8.03. The number of benzene rings is 2. The van der Waals surface area contributed by atoms with Gasteiger partial charge in [0, 0.05) is 27.7 Å². The average Bonchev–Trinajstić information content (AvgIpc) is 3.25. The molecule has 27 heavy (non-hydrogen) atoms. The van der Waals surface area contributed by atoms with E-state index in [9.17, 15) is 9.59 Å². The highest BCUT2D eigenvalue weighted by atomic mass is 35.5. The Kier molecular flexibility index (Phi) is 4.25. The van der Waals surface area contributed by atoms with Gasteiger partial charge in [0.25, 0.3) is 5.91 Å². The molecule has 0 aliphatic rings. The van der Waals surface area contributed by atoms with Crippen molar-refractivity contribution in [3.05, 3.63) is 75.3 Å². The van der Waals surface area contributed by atoms with Crippen LogP contribution in [0.4, 0.5) is 0 Å². The highest BCUT2D eigenvalue weighted by molar-refractivity contribution is 6.30. The van der Waals surface area contributed by atoms with Gasteiger partial charge in [-0.3, -0.25) is 9.36 Å². The summed E-state index contributed by atoms with van der Waals surface area (Å²) in [6, 6.07) is 12.1. The lowest BCUT2D eigenvalue weighted by Gasteiger charge is -2.05. The molecule has 2 aromatic heterocycles. The zero-order chi connectivity index (χ0) is 19.0. The maximum atomic E-state index is 13.0. The van der Waals surface area contributed by atoms with Crippen LogP contribution in [0.25, 0.3) is 10.9 Å². The summed E-state index contributed by atoms with van der Waals surface area (Å²) in [5, 5.41) is 10.8. The van der Waals surface area contributed by atoms with Crippen LogP contribution >= 0.6 is 11.6 Å². The van der Waals surface area contributed by atoms with Gasteiger partial charge in [-0.1, -0.05) is 11.6 Å². The van der Waals surface area contributed by atoms with E-state index < -0.39 is 5.69 Å². The van der Waals surface area contributed by atoms with E-state index in [-0.39, 0.29) is 12.5 Å². The fraction of sp³-hybridized carbons (Fsp3) is 0.111. The molecule has 4 aromatic rings. The zero-order valence-electron chi connectivity index (χ0n) is 14.2. The standard InChI is InChI=1S/C18H14ClN5O3/c1-27-14-6-7-16-15(8-14)12(10-24-18(26)20-21-22-24)9-23(16)17(25)11-2-4-13(19)5-3-11/h2-9H,10H2,1H3,(H,20,22,26). The van der Waals surface area contributed by atoms with Gasteiger partial charge in [0.1, 0.15) is 5.75 Å². The number of hydrogen-bond acceptors (Lipinski definition) is 5. The number of aromatic amines is 1. The number of nitrogens with zero attached hydrogens (tertiary/aromatic N) is 4. The summed E-state index contributed by atoms with van der Waals surface area (Å²) in [6.45, 7) is 0.167. The van der Waals surface area contributed by atoms with Crippen LogP contribution in [0.3, 0.4) is 0 Å². The molecule has 136 valence electrons. The number of carbonyl (C=O) groups is 1. The summed E-state index contributed by atoms with van der Waals surface area (Å²) in [5.74, 6) is 0.438. The second-order valence-corrected chi connectivity index (χ2v) is 6.32. The van der Waals surface area contributed by atoms with Crippen molar-refractivity contribution >= 4 is 28.4 Å². The van der Waals surface area contributed by atoms with Gasteiger partial charge in [-0.05, 0) is 52.9 Å². The second-order valence-electron chi connectivity index (χ2n) is 5.88. The molecule has 4 rings (SSSR count). The summed E-state index contributed by atoms with van der Waals surface area (Å²) < 4.78 is 8.02. The van der Waals surface area contributed by atoms with Crippen molar-refractivity contribution in [1.29, 1.82) is 0 Å². The van der Waals surface area contributed by atoms with Gasteiger partial charge in [-0.15, -0.1) is 0 Å². The molecule has 9 heteroatoms. The number of hydrogen-bond donors (Lipinski definition) is 1. The van der Waals surface area contributed by atoms with E-state index in [2.05, 4.69) is 15.5 Å². The number of methoxy groups -OCH3 is 1. The Bertz CT molecular complexity index is 1190. The van der Waals surface area contributed by atoms with Crippen LogP contribution in [0.15, 0.2) is 53.5 Å². The van der Waals surface area contributed by atoms with Crippen molar-refractivity contribution in [2.45, 2.75) is 6.54 Å². The molecule has 0 bridgehead atoms. The normalized spacial score (nSPS) is 11.0. The summed E-state index contributed by atoms with van der Waals surface area (Å²) in [6.07, 6.45) is 1.70. The first kappa shape index (κ1) is 17.0. The van der Waals surface area contributed by atoms with Crippen LogP contribution in [0.2, 0.25) is 5.02 Å². The van der Waals surface area contributed by atoms with Gasteiger partial charge in [-0.25, -0.2) is 9.89 Å². The topological polar surface area (TPSA) is 94.8 Å². The predicted octanol–water partition coefficient (Wildman–Crippen LogP) is 2.32. The number of halogens is 1. The summed E-state index contributed by atoms with van der Waals surface area (Å²) in [4.78, 5) is 24.7. The lowest BCUT2D eigenvalue weighted by molar-refractivity contribution is 0.0965. The van der Waals surface area contributed by atoms with Gasteiger partial charge >= 0.3 is 5.69 Å². The molecule has 0 saturated heterocycles. The minimum absolute atomic E-state index is 0.167. The SMILES string of the molecule is COc1ccc2c(c1)c(Cn1nn[nH]c1=O)cn2C(=O)c1ccc(Cl)cc1. The minimum Gasteiger partial charge on any atom is -0.497 e. The number of aromatic nitrogens is 5. The second kappa shape index (κ2) is 6.73. The van der Waals surface area contributed by atoms with Crippen molar-refractivity contribution in [2.75, 3.05) is 7.11 Å². The molecular weight excluding hydrogens is 370 g/mol. The highest BCUT2D eigenvalue weighted by Gasteiger charge is 2.17. The molecule has 2 aromatic carbocycles. The number of ether oxygens (including phenoxy) is 1. The predicted molar refractivity (Wildman–Crippen MR) is 99.4 cm³/mol. The molecule has 0 radical (unpaired) electrons. The number of H-pyrrole nitrogens is 1. The van der Waals surface area contributed by atoms with Crippen LogP contribution in [0.5, 0.6) is 5.75 Å². The van der Waals surface area contributed by atoms with E-state index in [1.807, 2.05) is 6.07 Å². The summed E-state index contributed by atoms with van der Waals surface area (Å²) in [5.41, 5.74) is 1.50. The quantitative estimate of drug-likeness (QED) is 0.583. The molecule has 2 heterocycles. The van der Waals surface area contributed by atoms with Gasteiger partial charge in [0.15, 0.2) is 0 Å². The van der Waals surface area contributed by atoms with Crippen LogP contribution in [-0.2, 0) is 6.54 Å². The average molecular weight is 384 g/mol. The Hall–Kier alpha value is -3.39. The van der Waals surface area contributed by atoms with Crippen LogP contribution in [-0.4, -0.2) is 37.8 Å². The molecule has 0 aliphatic carbocycles. The monoisotopic (exact) mass is 383 g/mol. The van der Waals surface area contributed by atoms with Gasteiger partial charge in [0.05, 0.1) is 19.2 Å². The molecule has 1 N–H and O–H groups in total. The maximum Gasteiger partial charge on any atom is 0.361 e. The molecule has 0 spiro atoms. The number of tetrazole rings is 1. The Morgan fingerprint density at radius 2 is 2.00 bits per heavy atom. The molecule has 0 unspecified atom stereocenters. The fourth-order valence-corrected chi connectivity index (χ4v) is 3.04. The van der Waals surface area contributed by atoms with Crippen molar-refractivity contribution in [3.63, 3.8) is 0 Å². The molecule has 0 atom stereocenters. The Labute approximate surface area is 157 Å². The Morgan fingerprint density at radius 3 is 2.67 bits per heavy atom. The third-order valence-corrected chi connectivity index (χ3v) is 4.51. The van der Waals surface area contributed by atoms with Crippen molar-refractivity contribution < 1.29 is 9.53 Å². The van der Waals surface area contributed by atoms with E-state index >= 15 is 0 Å². The number of nitrogens with one attached hydrogen (secondary N) is 1. The van der Waals surface area contributed by atoms with Crippen molar-refractivity contribution in [3.8, 4) is 5.75 Å². The Balaban J connectivity index is 1.85. The van der Waals surface area contributed by atoms with Gasteiger partial charge in [-0.2, -0.15) is 4.68 Å². The summed E-state index contributed by atoms with van der Waals surface area (Å²) >= 11 is 5.91. The van der Waals surface area contributed by atoms with E-state index in [0.717, 1.165) is 10.9 Å². The van der Waals surface area contributed by atoms with E-state index in [1.165, 1.54) is 4.68 Å². The molecule has 0 aliphatic heterocycles. The van der Waals surface area contributed by atoms with E-state index in [0.29, 0.717) is 21.9 Å². The van der Waals surface area contributed by atoms with Gasteiger partial charge in [0.2, 0.25) is 0 Å². The number of carbonyl (C=O) groups excluding carboxylic acids is 1. The van der Waals surface area contributed by atoms with Crippen LogP contribution in [0.1, 0.15) is 15.9 Å². The van der Waals surface area contributed by atoms with Crippen molar-refractivity contribution in [1.82, 2.24) is 24.8 Å². The van der Waals surface area contributed by atoms with Crippen molar-refractivity contribution in [2.24, 2.45) is 0 Å². The van der Waals surface area contributed by atoms with E-state index in [4.69, 9.17) is 16.3 Å². The third kappa shape index (κ3) is 3.11. The highest BCUT2D eigenvalue weighted by Crippen LogP contribution is 2.27. The third-order valence-electron chi connectivity index (χ3n) is 4.26. The van der Waals surface area contributed by atoms with Gasteiger partial charge < -0.3 is 4.74 Å². The van der Waals surface area contributed by atoms with Crippen LogP contribution < -0.4 is 10.4 Å².